The summed E-state index contributed by atoms with van der Waals surface area (Å²) in [6, 6.07) is 8.11. The minimum absolute atomic E-state index is 0.109. The molecule has 0 aliphatic rings. The minimum atomic E-state index is -0.582. The molecule has 0 saturated carbocycles. The monoisotopic (exact) mass is 328 g/mol. The lowest BCUT2D eigenvalue weighted by atomic mass is 9.87. The number of rotatable bonds is 5. The van der Waals surface area contributed by atoms with Crippen molar-refractivity contribution in [3.05, 3.63) is 35.7 Å². The Morgan fingerprint density at radius 1 is 1.04 bits per heavy atom. The molecule has 0 fully saturated rings. The molecule has 24 heavy (non-hydrogen) atoms. The van der Waals surface area contributed by atoms with Gasteiger partial charge in [-0.05, 0) is 48.8 Å². The van der Waals surface area contributed by atoms with Crippen LogP contribution in [0.2, 0.25) is 0 Å². The summed E-state index contributed by atoms with van der Waals surface area (Å²) in [4.78, 5) is 0. The van der Waals surface area contributed by atoms with E-state index in [-0.39, 0.29) is 11.3 Å². The van der Waals surface area contributed by atoms with E-state index < -0.39 is 6.29 Å². The Morgan fingerprint density at radius 2 is 1.67 bits per heavy atom. The van der Waals surface area contributed by atoms with Crippen molar-refractivity contribution < 1.29 is 13.9 Å². The third-order valence-corrected chi connectivity index (χ3v) is 3.36. The Hall–Kier alpha value is -2.16. The summed E-state index contributed by atoms with van der Waals surface area (Å²) in [5, 5.41) is 8.00. The smallest absolute Gasteiger partial charge is 0.294 e. The first-order valence-corrected chi connectivity index (χ1v) is 8.13. The predicted octanol–water partition coefficient (Wildman–Crippen LogP) is 3.78. The molecule has 0 aliphatic carbocycles. The van der Waals surface area contributed by atoms with E-state index in [0.717, 1.165) is 5.56 Å². The first-order valence-electron chi connectivity index (χ1n) is 8.13. The highest BCUT2D eigenvalue weighted by atomic mass is 16.7. The fourth-order valence-corrected chi connectivity index (χ4v) is 2.06. The summed E-state index contributed by atoms with van der Waals surface area (Å²) in [6.45, 7) is 11.4. The summed E-state index contributed by atoms with van der Waals surface area (Å²) < 4.78 is 16.3. The van der Waals surface area contributed by atoms with Gasteiger partial charge < -0.3 is 13.9 Å². The van der Waals surface area contributed by atoms with E-state index in [2.05, 4.69) is 54.9 Å². The van der Waals surface area contributed by atoms with E-state index in [0.29, 0.717) is 19.1 Å². The van der Waals surface area contributed by atoms with Gasteiger partial charge in [0.2, 0.25) is 12.2 Å². The lowest BCUT2D eigenvalue weighted by Gasteiger charge is -2.18. The number of ether oxygens (including phenoxy) is 2. The van der Waals surface area contributed by atoms with Gasteiger partial charge in [0.05, 0.1) is 0 Å². The molecule has 0 N–H and O–H groups in total. The Labute approximate surface area is 143 Å². The number of nitrogens with zero attached hydrogens (tertiary/aromatic N) is 2. The van der Waals surface area contributed by atoms with Crippen LogP contribution in [-0.4, -0.2) is 29.7 Å². The van der Waals surface area contributed by atoms with Crippen LogP contribution in [-0.2, 0) is 14.9 Å². The maximum Gasteiger partial charge on any atom is 0.294 e. The van der Waals surface area contributed by atoms with Gasteiger partial charge in [-0.1, -0.05) is 38.0 Å². The molecule has 2 aromatic rings. The molecule has 0 saturated heterocycles. The van der Waals surface area contributed by atoms with Gasteiger partial charge in [-0.2, -0.15) is 0 Å². The normalized spacial score (nSPS) is 11.4. The van der Waals surface area contributed by atoms with Gasteiger partial charge >= 0.3 is 0 Å². The highest BCUT2D eigenvalue weighted by Gasteiger charge is 2.14. The van der Waals surface area contributed by atoms with Gasteiger partial charge in [0.15, 0.2) is 0 Å². The van der Waals surface area contributed by atoms with Gasteiger partial charge in [0.1, 0.15) is 0 Å². The fraction of sp³-hybridized carbons (Fsp3) is 0.474. The van der Waals surface area contributed by atoms with Crippen molar-refractivity contribution in [3.63, 3.8) is 0 Å². The number of aromatic nitrogens is 2. The Bertz CT molecular complexity index is 697. The second-order valence-electron chi connectivity index (χ2n) is 6.25. The van der Waals surface area contributed by atoms with Crippen LogP contribution in [0.1, 0.15) is 46.1 Å². The van der Waals surface area contributed by atoms with Crippen LogP contribution in [0.4, 0.5) is 0 Å². The fourth-order valence-electron chi connectivity index (χ4n) is 2.06. The van der Waals surface area contributed by atoms with Gasteiger partial charge in [0, 0.05) is 18.8 Å². The molecule has 1 aromatic heterocycles. The van der Waals surface area contributed by atoms with Crippen molar-refractivity contribution in [2.45, 2.75) is 46.3 Å². The highest BCUT2D eigenvalue weighted by molar-refractivity contribution is 5.53. The van der Waals surface area contributed by atoms with E-state index >= 15 is 0 Å². The van der Waals surface area contributed by atoms with Crippen LogP contribution < -0.4 is 0 Å². The van der Waals surface area contributed by atoms with Gasteiger partial charge in [-0.25, -0.2) is 0 Å². The molecule has 1 aromatic carbocycles. The number of hydrogen-bond donors (Lipinski definition) is 0. The first kappa shape index (κ1) is 18.2. The molecule has 0 unspecified atom stereocenters. The molecule has 0 spiro atoms. The zero-order chi connectivity index (χ0) is 17.6. The maximum absolute atomic E-state index is 5.59. The van der Waals surface area contributed by atoms with Crippen molar-refractivity contribution >= 4 is 0 Å². The molecule has 2 rings (SSSR count). The van der Waals surface area contributed by atoms with E-state index in [1.54, 1.807) is 0 Å². The maximum atomic E-state index is 5.59. The van der Waals surface area contributed by atoms with Crippen LogP contribution in [0.15, 0.2) is 28.7 Å². The van der Waals surface area contributed by atoms with E-state index in [1.807, 2.05) is 26.0 Å². The van der Waals surface area contributed by atoms with E-state index in [9.17, 15) is 0 Å². The summed E-state index contributed by atoms with van der Waals surface area (Å²) >= 11 is 0. The standard InChI is InChI=1S/C19H24N2O3/c1-6-22-17(23-7-2)13-12-16-20-21-18(24-16)14-8-10-15(11-9-14)19(3,4)5/h8-11,17H,6-7H2,1-5H3. The van der Waals surface area contributed by atoms with Crippen LogP contribution in [0.3, 0.4) is 0 Å². The molecule has 0 atom stereocenters. The van der Waals surface area contributed by atoms with Crippen molar-refractivity contribution in [3.8, 4) is 23.3 Å². The molecule has 5 heteroatoms. The molecule has 0 amide bonds. The van der Waals surface area contributed by atoms with Gasteiger partial charge in [-0.15, -0.1) is 5.10 Å². The molecule has 128 valence electrons. The summed E-state index contributed by atoms with van der Waals surface area (Å²) in [6.07, 6.45) is -0.582. The lowest BCUT2D eigenvalue weighted by molar-refractivity contribution is -0.0970. The second kappa shape index (κ2) is 8.09. The average molecular weight is 328 g/mol. The van der Waals surface area contributed by atoms with Gasteiger partial charge in [-0.3, -0.25) is 0 Å². The Kier molecular flexibility index (Phi) is 6.13. The highest BCUT2D eigenvalue weighted by Crippen LogP contribution is 2.25. The molecule has 5 nitrogen and oxygen atoms in total. The molecular formula is C19H24N2O3. The predicted molar refractivity (Wildman–Crippen MR) is 92.4 cm³/mol. The van der Waals surface area contributed by atoms with Crippen molar-refractivity contribution in [1.29, 1.82) is 0 Å². The van der Waals surface area contributed by atoms with Crippen LogP contribution in [0, 0.1) is 11.8 Å². The molecular weight excluding hydrogens is 304 g/mol. The molecule has 0 aliphatic heterocycles. The third-order valence-electron chi connectivity index (χ3n) is 3.36. The zero-order valence-electron chi connectivity index (χ0n) is 14.9. The summed E-state index contributed by atoms with van der Waals surface area (Å²) in [7, 11) is 0. The minimum Gasteiger partial charge on any atom is -0.410 e. The molecule has 0 bridgehead atoms. The largest absolute Gasteiger partial charge is 0.410 e. The second-order valence-corrected chi connectivity index (χ2v) is 6.25. The van der Waals surface area contributed by atoms with Crippen molar-refractivity contribution in [2.24, 2.45) is 0 Å². The first-order chi connectivity index (χ1) is 11.4. The van der Waals surface area contributed by atoms with Crippen molar-refractivity contribution in [1.82, 2.24) is 10.2 Å². The van der Waals surface area contributed by atoms with Crippen LogP contribution >= 0.6 is 0 Å². The summed E-state index contributed by atoms with van der Waals surface area (Å²) in [5.74, 6) is 6.33. The number of benzene rings is 1. The topological polar surface area (TPSA) is 57.4 Å². The summed E-state index contributed by atoms with van der Waals surface area (Å²) in [5.41, 5.74) is 2.23. The van der Waals surface area contributed by atoms with Gasteiger partial charge in [0.25, 0.3) is 5.89 Å². The van der Waals surface area contributed by atoms with Crippen molar-refractivity contribution in [2.75, 3.05) is 13.2 Å². The SMILES string of the molecule is CCOC(C#Cc1nnc(-c2ccc(C(C)(C)C)cc2)o1)OCC. The lowest BCUT2D eigenvalue weighted by Crippen LogP contribution is -2.14. The average Bonchev–Trinajstić information content (AvgIpc) is 3.01. The quantitative estimate of drug-likeness (QED) is 0.617. The number of hydrogen-bond acceptors (Lipinski definition) is 5. The zero-order valence-corrected chi connectivity index (χ0v) is 14.9. The third kappa shape index (κ3) is 4.92. The molecule has 1 heterocycles. The van der Waals surface area contributed by atoms with Crippen LogP contribution in [0.25, 0.3) is 11.5 Å². The molecule has 0 radical (unpaired) electrons. The van der Waals surface area contributed by atoms with E-state index in [4.69, 9.17) is 13.9 Å². The Balaban J connectivity index is 2.13. The Morgan fingerprint density at radius 3 is 2.21 bits per heavy atom. The van der Waals surface area contributed by atoms with E-state index in [1.165, 1.54) is 5.56 Å². The van der Waals surface area contributed by atoms with Crippen LogP contribution in [0.5, 0.6) is 0 Å².